The highest BCUT2D eigenvalue weighted by Gasteiger charge is 2.27. The molecule has 6 nitrogen and oxygen atoms in total. The Balaban J connectivity index is 1.81. The van der Waals surface area contributed by atoms with E-state index in [1.165, 1.54) is 0 Å². The van der Waals surface area contributed by atoms with Gasteiger partial charge in [-0.1, -0.05) is 42.5 Å². The van der Waals surface area contributed by atoms with E-state index in [0.29, 0.717) is 5.75 Å². The van der Waals surface area contributed by atoms with Crippen LogP contribution in [0.3, 0.4) is 0 Å². The van der Waals surface area contributed by atoms with Gasteiger partial charge in [0.1, 0.15) is 17.6 Å². The summed E-state index contributed by atoms with van der Waals surface area (Å²) >= 11 is 0. The molecule has 0 heterocycles. The lowest BCUT2D eigenvalue weighted by Crippen LogP contribution is -2.48. The van der Waals surface area contributed by atoms with Crippen LogP contribution < -0.4 is 14.8 Å². The molecule has 0 aliphatic carbocycles. The topological polar surface area (TPSA) is 84.5 Å². The first-order valence-electron chi connectivity index (χ1n) is 10.0. The Kier molecular flexibility index (Phi) is 7.61. The van der Waals surface area contributed by atoms with E-state index in [4.69, 9.17) is 4.74 Å². The third-order valence-electron chi connectivity index (χ3n) is 5.00. The SMILES string of the molecule is COc1ccc([C@@H](C)NC(=O)[C@@H](Cc2ccccc2)NS(=O)(=O)c2ccc(F)cc2)cc1. The van der Waals surface area contributed by atoms with Crippen LogP contribution in [0, 0.1) is 5.82 Å². The second kappa shape index (κ2) is 10.4. The Morgan fingerprint density at radius 2 is 1.59 bits per heavy atom. The fourth-order valence-electron chi connectivity index (χ4n) is 3.20. The normalized spacial score (nSPS) is 13.2. The van der Waals surface area contributed by atoms with Crippen LogP contribution in [-0.2, 0) is 21.2 Å². The number of ether oxygens (including phenoxy) is 1. The summed E-state index contributed by atoms with van der Waals surface area (Å²) in [5, 5.41) is 2.87. The quantitative estimate of drug-likeness (QED) is 0.515. The van der Waals surface area contributed by atoms with Crippen molar-refractivity contribution in [3.8, 4) is 5.75 Å². The van der Waals surface area contributed by atoms with Gasteiger partial charge in [-0.05, 0) is 60.9 Å². The Morgan fingerprint density at radius 3 is 2.19 bits per heavy atom. The third-order valence-corrected chi connectivity index (χ3v) is 6.48. The molecule has 0 saturated carbocycles. The predicted octanol–water partition coefficient (Wildman–Crippen LogP) is 3.60. The molecule has 0 bridgehead atoms. The maximum absolute atomic E-state index is 13.2. The summed E-state index contributed by atoms with van der Waals surface area (Å²) in [6.45, 7) is 1.81. The maximum Gasteiger partial charge on any atom is 0.241 e. The van der Waals surface area contributed by atoms with E-state index in [1.54, 1.807) is 19.2 Å². The summed E-state index contributed by atoms with van der Waals surface area (Å²) in [6.07, 6.45) is 0.155. The number of carbonyl (C=O) groups is 1. The molecular formula is C24H25FN2O4S. The first-order valence-corrected chi connectivity index (χ1v) is 11.5. The number of nitrogens with one attached hydrogen (secondary N) is 2. The van der Waals surface area contributed by atoms with E-state index in [0.717, 1.165) is 35.4 Å². The molecule has 3 aromatic rings. The van der Waals surface area contributed by atoms with E-state index in [-0.39, 0.29) is 17.4 Å². The first kappa shape index (κ1) is 23.4. The molecule has 0 fully saturated rings. The molecule has 32 heavy (non-hydrogen) atoms. The molecule has 3 aromatic carbocycles. The highest BCUT2D eigenvalue weighted by Crippen LogP contribution is 2.18. The molecule has 2 atom stereocenters. The fourth-order valence-corrected chi connectivity index (χ4v) is 4.39. The standard InChI is InChI=1S/C24H25FN2O4S/c1-17(19-8-12-21(31-2)13-9-19)26-24(28)23(16-18-6-4-3-5-7-18)27-32(29,30)22-14-10-20(25)11-15-22/h3-15,17,23,27H,16H2,1-2H3,(H,26,28)/t17-,23-/m1/s1. The van der Waals surface area contributed by atoms with Gasteiger partial charge < -0.3 is 10.1 Å². The zero-order chi connectivity index (χ0) is 23.1. The highest BCUT2D eigenvalue weighted by atomic mass is 32.2. The minimum atomic E-state index is -4.04. The fraction of sp³-hybridized carbons (Fsp3) is 0.208. The Labute approximate surface area is 187 Å². The van der Waals surface area contributed by atoms with Crippen molar-refractivity contribution in [1.29, 1.82) is 0 Å². The predicted molar refractivity (Wildman–Crippen MR) is 120 cm³/mol. The minimum Gasteiger partial charge on any atom is -0.497 e. The van der Waals surface area contributed by atoms with Crippen molar-refractivity contribution >= 4 is 15.9 Å². The van der Waals surface area contributed by atoms with Gasteiger partial charge in [0.05, 0.1) is 18.0 Å². The number of rotatable bonds is 9. The molecule has 0 aliphatic rings. The van der Waals surface area contributed by atoms with Crippen LogP contribution in [0.2, 0.25) is 0 Å². The van der Waals surface area contributed by atoms with Gasteiger partial charge in [-0.3, -0.25) is 4.79 Å². The zero-order valence-electron chi connectivity index (χ0n) is 17.8. The van der Waals surface area contributed by atoms with E-state index in [1.807, 2.05) is 49.4 Å². The Hall–Kier alpha value is -3.23. The second-order valence-corrected chi connectivity index (χ2v) is 9.03. The monoisotopic (exact) mass is 456 g/mol. The van der Waals surface area contributed by atoms with Crippen LogP contribution in [-0.4, -0.2) is 27.5 Å². The summed E-state index contributed by atoms with van der Waals surface area (Å²) in [4.78, 5) is 13.0. The number of hydrogen-bond acceptors (Lipinski definition) is 4. The van der Waals surface area contributed by atoms with Crippen molar-refractivity contribution in [2.75, 3.05) is 7.11 Å². The van der Waals surface area contributed by atoms with Crippen LogP contribution >= 0.6 is 0 Å². The lowest BCUT2D eigenvalue weighted by Gasteiger charge is -2.22. The summed E-state index contributed by atoms with van der Waals surface area (Å²) < 4.78 is 46.5. The Bertz CT molecular complexity index is 1130. The van der Waals surface area contributed by atoms with Crippen LogP contribution in [0.5, 0.6) is 5.75 Å². The molecule has 2 N–H and O–H groups in total. The molecule has 0 unspecified atom stereocenters. The molecule has 0 aromatic heterocycles. The molecule has 3 rings (SSSR count). The number of methoxy groups -OCH3 is 1. The number of halogens is 1. The minimum absolute atomic E-state index is 0.118. The third kappa shape index (κ3) is 6.15. The number of carbonyl (C=O) groups excluding carboxylic acids is 1. The van der Waals surface area contributed by atoms with E-state index < -0.39 is 27.8 Å². The van der Waals surface area contributed by atoms with Crippen LogP contribution in [0.15, 0.2) is 83.8 Å². The number of sulfonamides is 1. The zero-order valence-corrected chi connectivity index (χ0v) is 18.6. The largest absolute Gasteiger partial charge is 0.497 e. The highest BCUT2D eigenvalue weighted by molar-refractivity contribution is 7.89. The van der Waals surface area contributed by atoms with Crippen molar-refractivity contribution < 1.29 is 22.3 Å². The molecule has 0 aliphatic heterocycles. The molecule has 0 radical (unpaired) electrons. The summed E-state index contributed by atoms with van der Waals surface area (Å²) in [6, 6.07) is 19.4. The average molecular weight is 457 g/mol. The average Bonchev–Trinajstić information content (AvgIpc) is 2.79. The van der Waals surface area contributed by atoms with Gasteiger partial charge in [0.2, 0.25) is 15.9 Å². The van der Waals surface area contributed by atoms with Crippen LogP contribution in [0.25, 0.3) is 0 Å². The van der Waals surface area contributed by atoms with E-state index >= 15 is 0 Å². The number of benzene rings is 3. The number of hydrogen-bond donors (Lipinski definition) is 2. The molecule has 0 spiro atoms. The van der Waals surface area contributed by atoms with Crippen molar-refractivity contribution in [1.82, 2.24) is 10.0 Å². The van der Waals surface area contributed by atoms with Gasteiger partial charge in [0, 0.05) is 0 Å². The lowest BCUT2D eigenvalue weighted by atomic mass is 10.0. The van der Waals surface area contributed by atoms with Gasteiger partial charge in [0.25, 0.3) is 0 Å². The molecule has 168 valence electrons. The van der Waals surface area contributed by atoms with Crippen molar-refractivity contribution in [3.63, 3.8) is 0 Å². The van der Waals surface area contributed by atoms with Crippen LogP contribution in [0.1, 0.15) is 24.1 Å². The first-order chi connectivity index (χ1) is 15.3. The molecule has 0 saturated heterocycles. The molecular weight excluding hydrogens is 431 g/mol. The van der Waals surface area contributed by atoms with Gasteiger partial charge in [-0.15, -0.1) is 0 Å². The summed E-state index contributed by atoms with van der Waals surface area (Å²) in [5.74, 6) is -0.319. The van der Waals surface area contributed by atoms with E-state index in [2.05, 4.69) is 10.0 Å². The maximum atomic E-state index is 13.2. The van der Waals surface area contributed by atoms with E-state index in [9.17, 15) is 17.6 Å². The van der Waals surface area contributed by atoms with Crippen LogP contribution in [0.4, 0.5) is 4.39 Å². The van der Waals surface area contributed by atoms with Gasteiger partial charge in [-0.2, -0.15) is 4.72 Å². The lowest BCUT2D eigenvalue weighted by molar-refractivity contribution is -0.123. The van der Waals surface area contributed by atoms with Gasteiger partial charge >= 0.3 is 0 Å². The van der Waals surface area contributed by atoms with Crippen molar-refractivity contribution in [3.05, 3.63) is 95.8 Å². The van der Waals surface area contributed by atoms with Crippen molar-refractivity contribution in [2.24, 2.45) is 0 Å². The Morgan fingerprint density at radius 1 is 0.969 bits per heavy atom. The summed E-state index contributed by atoms with van der Waals surface area (Å²) in [5.41, 5.74) is 1.64. The molecule has 8 heteroatoms. The smallest absolute Gasteiger partial charge is 0.241 e. The molecule has 1 amide bonds. The van der Waals surface area contributed by atoms with Crippen molar-refractivity contribution in [2.45, 2.75) is 30.3 Å². The number of amides is 1. The van der Waals surface area contributed by atoms with Gasteiger partial charge in [-0.25, -0.2) is 12.8 Å². The second-order valence-electron chi connectivity index (χ2n) is 7.32. The summed E-state index contributed by atoms with van der Waals surface area (Å²) in [7, 11) is -2.47. The van der Waals surface area contributed by atoms with Gasteiger partial charge in [0.15, 0.2) is 0 Å².